The van der Waals surface area contributed by atoms with Crippen LogP contribution in [-0.4, -0.2) is 11.2 Å². The van der Waals surface area contributed by atoms with Crippen LogP contribution < -0.4 is 5.43 Å². The second-order valence-electron chi connectivity index (χ2n) is 5.29. The fourth-order valence-electron chi connectivity index (χ4n) is 2.25. The van der Waals surface area contributed by atoms with Crippen molar-refractivity contribution in [3.63, 3.8) is 0 Å². The molecule has 0 bridgehead atoms. The predicted octanol–water partition coefficient (Wildman–Crippen LogP) is 5.11. The van der Waals surface area contributed by atoms with E-state index in [1.54, 1.807) is 23.8 Å². The maximum Gasteiger partial charge on any atom is 0.204 e. The van der Waals surface area contributed by atoms with Crippen LogP contribution in [0, 0.1) is 6.92 Å². The molecule has 1 aromatic carbocycles. The Kier molecular flexibility index (Phi) is 4.88. The Bertz CT molecular complexity index is 773. The molecular weight excluding hydrogens is 306 g/mol. The first-order chi connectivity index (χ1) is 11.3. The number of hydrogen-bond acceptors (Lipinski definition) is 5. The number of hydrazone groups is 1. The zero-order valence-electron chi connectivity index (χ0n) is 13.2. The van der Waals surface area contributed by atoms with Crippen molar-refractivity contribution in [3.05, 3.63) is 58.9 Å². The van der Waals surface area contributed by atoms with Gasteiger partial charge in [0.2, 0.25) is 5.13 Å². The van der Waals surface area contributed by atoms with Crippen molar-refractivity contribution in [2.24, 2.45) is 5.10 Å². The van der Waals surface area contributed by atoms with Gasteiger partial charge in [-0.05, 0) is 25.5 Å². The number of nitrogens with zero attached hydrogens (tertiary/aromatic N) is 2. The lowest BCUT2D eigenvalue weighted by molar-refractivity contribution is 0.560. The highest BCUT2D eigenvalue weighted by Crippen LogP contribution is 2.32. The molecule has 23 heavy (non-hydrogen) atoms. The summed E-state index contributed by atoms with van der Waals surface area (Å²) in [6, 6.07) is 12.2. The summed E-state index contributed by atoms with van der Waals surface area (Å²) < 4.78 is 5.21. The van der Waals surface area contributed by atoms with Gasteiger partial charge in [0.15, 0.2) is 0 Å². The summed E-state index contributed by atoms with van der Waals surface area (Å²) in [5.74, 6) is 0.710. The van der Waals surface area contributed by atoms with E-state index in [9.17, 15) is 0 Å². The Hall–Kier alpha value is -2.40. The third kappa shape index (κ3) is 3.87. The Morgan fingerprint density at radius 3 is 2.78 bits per heavy atom. The molecule has 2 aromatic heterocycles. The fourth-order valence-corrected chi connectivity index (χ4v) is 3.28. The van der Waals surface area contributed by atoms with Gasteiger partial charge in [-0.25, -0.2) is 4.98 Å². The molecule has 3 aromatic rings. The van der Waals surface area contributed by atoms with Crippen molar-refractivity contribution in [3.8, 4) is 11.3 Å². The number of furan rings is 1. The SMILES string of the molecule is CCCc1sc(N/N=C\c2ccco2)nc1-c1ccc(C)cc1. The van der Waals surface area contributed by atoms with E-state index in [-0.39, 0.29) is 0 Å². The second kappa shape index (κ2) is 7.24. The highest BCUT2D eigenvalue weighted by atomic mass is 32.1. The monoisotopic (exact) mass is 325 g/mol. The van der Waals surface area contributed by atoms with Crippen LogP contribution in [0.5, 0.6) is 0 Å². The van der Waals surface area contributed by atoms with E-state index in [0.29, 0.717) is 5.76 Å². The number of nitrogens with one attached hydrogen (secondary N) is 1. The zero-order chi connectivity index (χ0) is 16.1. The van der Waals surface area contributed by atoms with Gasteiger partial charge >= 0.3 is 0 Å². The van der Waals surface area contributed by atoms with E-state index in [4.69, 9.17) is 9.40 Å². The molecule has 1 N–H and O–H groups in total. The predicted molar refractivity (Wildman–Crippen MR) is 96.2 cm³/mol. The first-order valence-electron chi connectivity index (χ1n) is 7.65. The van der Waals surface area contributed by atoms with E-state index in [1.807, 2.05) is 12.1 Å². The molecule has 0 atom stereocenters. The number of hydrogen-bond donors (Lipinski definition) is 1. The van der Waals surface area contributed by atoms with E-state index in [2.05, 4.69) is 48.6 Å². The van der Waals surface area contributed by atoms with E-state index in [1.165, 1.54) is 10.4 Å². The normalized spacial score (nSPS) is 11.2. The van der Waals surface area contributed by atoms with Crippen LogP contribution in [0.1, 0.15) is 29.5 Å². The molecule has 0 aliphatic heterocycles. The highest BCUT2D eigenvalue weighted by Gasteiger charge is 2.12. The summed E-state index contributed by atoms with van der Waals surface area (Å²) in [7, 11) is 0. The van der Waals surface area contributed by atoms with Crippen LogP contribution in [0.25, 0.3) is 11.3 Å². The number of benzene rings is 1. The van der Waals surface area contributed by atoms with Crippen molar-refractivity contribution in [2.75, 3.05) is 5.43 Å². The van der Waals surface area contributed by atoms with Gasteiger partial charge in [-0.2, -0.15) is 5.10 Å². The molecule has 0 unspecified atom stereocenters. The summed E-state index contributed by atoms with van der Waals surface area (Å²) in [6.45, 7) is 4.27. The standard InChI is InChI=1S/C18H19N3OS/c1-3-5-16-17(14-9-7-13(2)8-10-14)20-18(23-16)21-19-12-15-6-4-11-22-15/h4,6-12H,3,5H2,1-2H3,(H,20,21)/b19-12-. The topological polar surface area (TPSA) is 50.4 Å². The smallest absolute Gasteiger partial charge is 0.204 e. The average molecular weight is 325 g/mol. The third-order valence-electron chi connectivity index (χ3n) is 3.39. The van der Waals surface area contributed by atoms with Gasteiger partial charge in [-0.1, -0.05) is 54.5 Å². The Labute approximate surface area is 139 Å². The molecule has 2 heterocycles. The Morgan fingerprint density at radius 2 is 2.09 bits per heavy atom. The maximum atomic E-state index is 5.21. The van der Waals surface area contributed by atoms with Crippen LogP contribution in [0.15, 0.2) is 52.2 Å². The van der Waals surface area contributed by atoms with E-state index < -0.39 is 0 Å². The summed E-state index contributed by atoms with van der Waals surface area (Å²) in [5.41, 5.74) is 6.45. The molecule has 118 valence electrons. The lowest BCUT2D eigenvalue weighted by Crippen LogP contribution is -1.89. The maximum absolute atomic E-state index is 5.21. The van der Waals surface area contributed by atoms with Gasteiger partial charge in [0.05, 0.1) is 18.2 Å². The van der Waals surface area contributed by atoms with Crippen LogP contribution in [0.4, 0.5) is 5.13 Å². The number of rotatable bonds is 6. The van der Waals surface area contributed by atoms with Gasteiger partial charge < -0.3 is 4.42 Å². The summed E-state index contributed by atoms with van der Waals surface area (Å²) in [4.78, 5) is 5.99. The van der Waals surface area contributed by atoms with Crippen molar-refractivity contribution in [1.82, 2.24) is 4.98 Å². The van der Waals surface area contributed by atoms with Gasteiger partial charge in [-0.3, -0.25) is 5.43 Å². The number of aryl methyl sites for hydroxylation is 2. The molecule has 0 fully saturated rings. The van der Waals surface area contributed by atoms with E-state index >= 15 is 0 Å². The fraction of sp³-hybridized carbons (Fsp3) is 0.222. The largest absolute Gasteiger partial charge is 0.463 e. The van der Waals surface area contributed by atoms with Crippen molar-refractivity contribution < 1.29 is 4.42 Å². The van der Waals surface area contributed by atoms with Gasteiger partial charge in [0.25, 0.3) is 0 Å². The molecular formula is C18H19N3OS. The lowest BCUT2D eigenvalue weighted by Gasteiger charge is -2.01. The molecule has 0 aliphatic rings. The highest BCUT2D eigenvalue weighted by molar-refractivity contribution is 7.16. The molecule has 0 spiro atoms. The van der Waals surface area contributed by atoms with Gasteiger partial charge in [-0.15, -0.1) is 0 Å². The van der Waals surface area contributed by atoms with E-state index in [0.717, 1.165) is 29.2 Å². The first-order valence-corrected chi connectivity index (χ1v) is 8.47. The molecule has 0 aliphatic carbocycles. The Balaban J connectivity index is 1.82. The van der Waals surface area contributed by atoms with Crippen molar-refractivity contribution in [1.29, 1.82) is 0 Å². The minimum atomic E-state index is 0.710. The Morgan fingerprint density at radius 1 is 1.26 bits per heavy atom. The van der Waals surface area contributed by atoms with Crippen LogP contribution in [-0.2, 0) is 6.42 Å². The lowest BCUT2D eigenvalue weighted by atomic mass is 10.1. The second-order valence-corrected chi connectivity index (χ2v) is 6.38. The van der Waals surface area contributed by atoms with Crippen molar-refractivity contribution >= 4 is 22.7 Å². The van der Waals surface area contributed by atoms with Gasteiger partial charge in [0, 0.05) is 10.4 Å². The minimum absolute atomic E-state index is 0.710. The molecule has 0 saturated carbocycles. The summed E-state index contributed by atoms with van der Waals surface area (Å²) in [6.07, 6.45) is 5.38. The van der Waals surface area contributed by atoms with Crippen LogP contribution >= 0.6 is 11.3 Å². The van der Waals surface area contributed by atoms with Crippen LogP contribution in [0.3, 0.4) is 0 Å². The quantitative estimate of drug-likeness (QED) is 0.506. The average Bonchev–Trinajstić information content (AvgIpc) is 3.19. The minimum Gasteiger partial charge on any atom is -0.463 e. The molecule has 0 saturated heterocycles. The number of aromatic nitrogens is 1. The van der Waals surface area contributed by atoms with Gasteiger partial charge in [0.1, 0.15) is 5.76 Å². The molecule has 3 rings (SSSR count). The number of anilines is 1. The molecule has 5 heteroatoms. The van der Waals surface area contributed by atoms with Crippen molar-refractivity contribution in [2.45, 2.75) is 26.7 Å². The molecule has 0 radical (unpaired) electrons. The number of thiazole rings is 1. The summed E-state index contributed by atoms with van der Waals surface area (Å²) >= 11 is 1.65. The molecule has 4 nitrogen and oxygen atoms in total. The molecule has 0 amide bonds. The zero-order valence-corrected chi connectivity index (χ0v) is 14.1. The third-order valence-corrected chi connectivity index (χ3v) is 4.41. The summed E-state index contributed by atoms with van der Waals surface area (Å²) in [5, 5.41) is 4.98. The van der Waals surface area contributed by atoms with Crippen LogP contribution in [0.2, 0.25) is 0 Å². The first kappa shape index (κ1) is 15.5.